The number of para-hydroxylation sites is 1. The van der Waals surface area contributed by atoms with Crippen molar-refractivity contribution in [2.75, 3.05) is 5.32 Å². The molecule has 0 spiro atoms. The lowest BCUT2D eigenvalue weighted by atomic mass is 10.1. The highest BCUT2D eigenvalue weighted by Crippen LogP contribution is 2.21. The highest BCUT2D eigenvalue weighted by Gasteiger charge is 2.10. The van der Waals surface area contributed by atoms with Crippen LogP contribution >= 0.6 is 31.9 Å². The molecule has 3 nitrogen and oxygen atoms in total. The van der Waals surface area contributed by atoms with Gasteiger partial charge in [-0.15, -0.1) is 0 Å². The van der Waals surface area contributed by atoms with E-state index >= 15 is 0 Å². The fourth-order valence-electron chi connectivity index (χ4n) is 1.57. The lowest BCUT2D eigenvalue weighted by Gasteiger charge is -2.07. The van der Waals surface area contributed by atoms with E-state index in [0.717, 1.165) is 8.95 Å². The molecular weight excluding hydrogens is 372 g/mol. The summed E-state index contributed by atoms with van der Waals surface area (Å²) in [6.07, 6.45) is 0. The van der Waals surface area contributed by atoms with Gasteiger partial charge in [0.25, 0.3) is 5.91 Å². The minimum atomic E-state index is -0.260. The first kappa shape index (κ1) is 13.8. The van der Waals surface area contributed by atoms with Crippen molar-refractivity contribution in [3.05, 3.63) is 62.5 Å². The second-order valence-corrected chi connectivity index (χ2v) is 5.60. The van der Waals surface area contributed by atoms with Gasteiger partial charge in [0.15, 0.2) is 0 Å². The summed E-state index contributed by atoms with van der Waals surface area (Å²) >= 11 is 6.66. The van der Waals surface area contributed by atoms with Gasteiger partial charge >= 0.3 is 0 Å². The predicted octanol–water partition coefficient (Wildman–Crippen LogP) is 4.34. The van der Waals surface area contributed by atoms with Gasteiger partial charge < -0.3 is 5.32 Å². The Hall–Kier alpha value is -1.64. The Balaban J connectivity index is 2.29. The number of nitriles is 1. The van der Waals surface area contributed by atoms with Crippen LogP contribution in [0.4, 0.5) is 5.69 Å². The molecule has 0 radical (unpaired) electrons. The molecule has 2 aromatic rings. The number of hydrogen-bond acceptors (Lipinski definition) is 2. The molecule has 1 N–H and O–H groups in total. The monoisotopic (exact) mass is 378 g/mol. The van der Waals surface area contributed by atoms with E-state index in [1.807, 2.05) is 12.1 Å². The number of halogens is 2. The van der Waals surface area contributed by atoms with Crippen LogP contribution in [0.2, 0.25) is 0 Å². The Morgan fingerprint density at radius 1 is 1.11 bits per heavy atom. The van der Waals surface area contributed by atoms with Crippen LogP contribution in [-0.4, -0.2) is 5.91 Å². The molecule has 0 saturated carbocycles. The molecule has 1 amide bonds. The molecule has 0 saturated heterocycles. The van der Waals surface area contributed by atoms with Gasteiger partial charge in [-0.05, 0) is 30.3 Å². The van der Waals surface area contributed by atoms with Crippen LogP contribution in [0.15, 0.2) is 51.4 Å². The number of carbonyl (C=O) groups excluding carboxylic acids is 1. The Morgan fingerprint density at radius 3 is 2.37 bits per heavy atom. The molecule has 19 heavy (non-hydrogen) atoms. The summed E-state index contributed by atoms with van der Waals surface area (Å²) in [5.74, 6) is -0.260. The second-order valence-electron chi connectivity index (χ2n) is 3.77. The van der Waals surface area contributed by atoms with E-state index in [2.05, 4.69) is 37.2 Å². The fraction of sp³-hybridized carbons (Fsp3) is 0. The summed E-state index contributed by atoms with van der Waals surface area (Å²) in [5.41, 5.74) is 1.45. The summed E-state index contributed by atoms with van der Waals surface area (Å²) in [6, 6.07) is 14.2. The second kappa shape index (κ2) is 6.00. The van der Waals surface area contributed by atoms with Gasteiger partial charge in [0.2, 0.25) is 0 Å². The Labute approximate surface area is 127 Å². The first-order valence-electron chi connectivity index (χ1n) is 5.37. The van der Waals surface area contributed by atoms with E-state index < -0.39 is 0 Å². The van der Waals surface area contributed by atoms with Crippen molar-refractivity contribution in [3.63, 3.8) is 0 Å². The highest BCUT2D eigenvalue weighted by molar-refractivity contribution is 9.11. The van der Waals surface area contributed by atoms with E-state index in [9.17, 15) is 4.79 Å². The van der Waals surface area contributed by atoms with Crippen molar-refractivity contribution in [2.24, 2.45) is 0 Å². The Morgan fingerprint density at radius 2 is 1.74 bits per heavy atom. The summed E-state index contributed by atoms with van der Waals surface area (Å²) in [7, 11) is 0. The Kier molecular flexibility index (Phi) is 4.35. The van der Waals surface area contributed by atoms with Crippen LogP contribution in [0.5, 0.6) is 0 Å². The normalized spacial score (nSPS) is 9.74. The molecule has 0 aliphatic rings. The van der Waals surface area contributed by atoms with Crippen molar-refractivity contribution in [1.82, 2.24) is 0 Å². The quantitative estimate of drug-likeness (QED) is 0.843. The molecule has 2 aromatic carbocycles. The van der Waals surface area contributed by atoms with Gasteiger partial charge in [-0.25, -0.2) is 0 Å². The van der Waals surface area contributed by atoms with Crippen LogP contribution in [0.1, 0.15) is 15.9 Å². The first-order chi connectivity index (χ1) is 9.10. The fourth-order valence-corrected chi connectivity index (χ4v) is 2.86. The maximum atomic E-state index is 12.1. The number of amides is 1. The zero-order chi connectivity index (χ0) is 13.8. The van der Waals surface area contributed by atoms with Gasteiger partial charge in [0.05, 0.1) is 11.3 Å². The standard InChI is InChI=1S/C14H8Br2N2O/c15-11-5-10(6-12(16)7-11)14(19)18-13-4-2-1-3-9(13)8-17/h1-7H,(H,18,19). The van der Waals surface area contributed by atoms with Crippen LogP contribution in [0.25, 0.3) is 0 Å². The van der Waals surface area contributed by atoms with Gasteiger partial charge in [-0.2, -0.15) is 5.26 Å². The largest absolute Gasteiger partial charge is 0.321 e. The van der Waals surface area contributed by atoms with Crippen LogP contribution in [-0.2, 0) is 0 Å². The lowest BCUT2D eigenvalue weighted by Crippen LogP contribution is -2.12. The minimum Gasteiger partial charge on any atom is -0.321 e. The molecule has 0 atom stereocenters. The molecule has 0 aliphatic heterocycles. The van der Waals surface area contributed by atoms with E-state index in [4.69, 9.17) is 5.26 Å². The summed E-state index contributed by atoms with van der Waals surface area (Å²) in [4.78, 5) is 12.1. The van der Waals surface area contributed by atoms with E-state index in [-0.39, 0.29) is 5.91 Å². The van der Waals surface area contributed by atoms with Gasteiger partial charge in [0.1, 0.15) is 6.07 Å². The van der Waals surface area contributed by atoms with Crippen LogP contribution in [0.3, 0.4) is 0 Å². The molecule has 94 valence electrons. The van der Waals surface area contributed by atoms with Gasteiger partial charge in [0, 0.05) is 14.5 Å². The van der Waals surface area contributed by atoms with Gasteiger partial charge in [-0.1, -0.05) is 44.0 Å². The lowest BCUT2D eigenvalue weighted by molar-refractivity contribution is 0.102. The van der Waals surface area contributed by atoms with Crippen molar-refractivity contribution in [3.8, 4) is 6.07 Å². The third-order valence-electron chi connectivity index (χ3n) is 2.42. The molecular formula is C14H8Br2N2O. The molecule has 0 aromatic heterocycles. The minimum absolute atomic E-state index is 0.260. The number of anilines is 1. The SMILES string of the molecule is N#Cc1ccccc1NC(=O)c1cc(Br)cc(Br)c1. The summed E-state index contributed by atoms with van der Waals surface area (Å²) in [5, 5.41) is 11.7. The third kappa shape index (κ3) is 3.43. The summed E-state index contributed by atoms with van der Waals surface area (Å²) < 4.78 is 1.61. The predicted molar refractivity (Wildman–Crippen MR) is 81.0 cm³/mol. The van der Waals surface area contributed by atoms with Crippen LogP contribution in [0, 0.1) is 11.3 Å². The zero-order valence-corrected chi connectivity index (χ0v) is 12.8. The molecule has 0 bridgehead atoms. The maximum Gasteiger partial charge on any atom is 0.255 e. The molecule has 2 rings (SSSR count). The highest BCUT2D eigenvalue weighted by atomic mass is 79.9. The van der Waals surface area contributed by atoms with Crippen molar-refractivity contribution < 1.29 is 4.79 Å². The number of carbonyl (C=O) groups is 1. The Bertz CT molecular complexity index is 657. The maximum absolute atomic E-state index is 12.1. The zero-order valence-electron chi connectivity index (χ0n) is 9.65. The molecule has 0 heterocycles. The number of nitrogens with one attached hydrogen (secondary N) is 1. The summed E-state index contributed by atoms with van der Waals surface area (Å²) in [6.45, 7) is 0. The average molecular weight is 380 g/mol. The molecule has 0 aliphatic carbocycles. The average Bonchev–Trinajstić information content (AvgIpc) is 2.38. The van der Waals surface area contributed by atoms with Crippen molar-refractivity contribution in [1.29, 1.82) is 5.26 Å². The topological polar surface area (TPSA) is 52.9 Å². The van der Waals surface area contributed by atoms with E-state index in [0.29, 0.717) is 16.8 Å². The number of benzene rings is 2. The molecule has 5 heteroatoms. The molecule has 0 unspecified atom stereocenters. The smallest absolute Gasteiger partial charge is 0.255 e. The van der Waals surface area contributed by atoms with Crippen molar-refractivity contribution >= 4 is 43.5 Å². The van der Waals surface area contributed by atoms with E-state index in [1.54, 1.807) is 36.4 Å². The van der Waals surface area contributed by atoms with Crippen LogP contribution < -0.4 is 5.32 Å². The first-order valence-corrected chi connectivity index (χ1v) is 6.95. The number of hydrogen-bond donors (Lipinski definition) is 1. The number of rotatable bonds is 2. The van der Waals surface area contributed by atoms with E-state index in [1.165, 1.54) is 0 Å². The van der Waals surface area contributed by atoms with Gasteiger partial charge in [-0.3, -0.25) is 4.79 Å². The number of nitrogens with zero attached hydrogens (tertiary/aromatic N) is 1. The molecule has 0 fully saturated rings. The van der Waals surface area contributed by atoms with Crippen molar-refractivity contribution in [2.45, 2.75) is 0 Å². The third-order valence-corrected chi connectivity index (χ3v) is 3.34.